The molecule has 0 amide bonds. The third-order valence-electron chi connectivity index (χ3n) is 3.30. The number of H-pyrrole nitrogens is 1. The lowest BCUT2D eigenvalue weighted by atomic mass is 9.94. The molecule has 4 nitrogen and oxygen atoms in total. The van der Waals surface area contributed by atoms with Crippen LogP contribution in [0.3, 0.4) is 0 Å². The minimum absolute atomic E-state index is 0.122. The third kappa shape index (κ3) is 3.00. The Morgan fingerprint density at radius 2 is 2.18 bits per heavy atom. The van der Waals surface area contributed by atoms with Gasteiger partial charge >= 0.3 is 0 Å². The highest BCUT2D eigenvalue weighted by Crippen LogP contribution is 2.24. The predicted molar refractivity (Wildman–Crippen MR) is 69.8 cm³/mol. The van der Waals surface area contributed by atoms with Crippen LogP contribution in [0.4, 0.5) is 5.82 Å². The minimum Gasteiger partial charge on any atom is -0.348 e. The predicted octanol–water partition coefficient (Wildman–Crippen LogP) is 2.15. The van der Waals surface area contributed by atoms with Crippen molar-refractivity contribution in [3.63, 3.8) is 0 Å². The first-order valence-corrected chi connectivity index (χ1v) is 6.72. The molecule has 0 unspecified atom stereocenters. The second-order valence-electron chi connectivity index (χ2n) is 4.42. The monoisotopic (exact) mass is 255 g/mol. The van der Waals surface area contributed by atoms with E-state index in [4.69, 9.17) is 11.6 Å². The zero-order valence-corrected chi connectivity index (χ0v) is 10.6. The van der Waals surface area contributed by atoms with Gasteiger partial charge in [0.25, 0.3) is 5.56 Å². The van der Waals surface area contributed by atoms with Crippen molar-refractivity contribution in [2.75, 3.05) is 17.3 Å². The van der Waals surface area contributed by atoms with Gasteiger partial charge in [-0.15, -0.1) is 11.6 Å². The quantitative estimate of drug-likeness (QED) is 0.839. The standard InChI is InChI=1S/C12H18ClN3O/c13-6-9-16(10-4-2-1-3-5-10)11-12(17)15-8-7-14-11/h7-8,10H,1-6,9H2,(H,15,17). The maximum atomic E-state index is 11.8. The van der Waals surface area contributed by atoms with Crippen LogP contribution in [-0.4, -0.2) is 28.4 Å². The van der Waals surface area contributed by atoms with Crippen molar-refractivity contribution >= 4 is 17.4 Å². The number of aromatic amines is 1. The Kier molecular flexibility index (Phi) is 4.42. The van der Waals surface area contributed by atoms with E-state index in [1.165, 1.54) is 19.3 Å². The molecule has 0 atom stereocenters. The summed E-state index contributed by atoms with van der Waals surface area (Å²) in [5.41, 5.74) is -0.122. The molecule has 1 saturated carbocycles. The van der Waals surface area contributed by atoms with Gasteiger partial charge in [0.15, 0.2) is 5.82 Å². The summed E-state index contributed by atoms with van der Waals surface area (Å²) in [5, 5.41) is 0. The van der Waals surface area contributed by atoms with Crippen LogP contribution >= 0.6 is 11.6 Å². The molecule has 0 spiro atoms. The van der Waals surface area contributed by atoms with E-state index in [0.717, 1.165) is 12.8 Å². The molecule has 0 bridgehead atoms. The molecule has 0 aliphatic heterocycles. The van der Waals surface area contributed by atoms with Gasteiger partial charge in [-0.25, -0.2) is 4.98 Å². The molecule has 0 aromatic carbocycles. The average molecular weight is 256 g/mol. The molecule has 0 radical (unpaired) electrons. The fourth-order valence-corrected chi connectivity index (χ4v) is 2.68. The first-order chi connectivity index (χ1) is 8.33. The Hall–Kier alpha value is -1.03. The van der Waals surface area contributed by atoms with Crippen molar-refractivity contribution in [3.8, 4) is 0 Å². The van der Waals surface area contributed by atoms with Crippen molar-refractivity contribution in [1.82, 2.24) is 9.97 Å². The van der Waals surface area contributed by atoms with Crippen molar-refractivity contribution < 1.29 is 0 Å². The molecule has 17 heavy (non-hydrogen) atoms. The van der Waals surface area contributed by atoms with Crippen LogP contribution in [0.15, 0.2) is 17.2 Å². The number of alkyl halides is 1. The molecule has 1 aliphatic carbocycles. The molecular formula is C12H18ClN3O. The van der Waals surface area contributed by atoms with Gasteiger partial charge in [0.05, 0.1) is 0 Å². The zero-order chi connectivity index (χ0) is 12.1. The van der Waals surface area contributed by atoms with E-state index < -0.39 is 0 Å². The fraction of sp³-hybridized carbons (Fsp3) is 0.667. The van der Waals surface area contributed by atoms with Gasteiger partial charge in [0.2, 0.25) is 0 Å². The first-order valence-electron chi connectivity index (χ1n) is 6.19. The molecule has 5 heteroatoms. The summed E-state index contributed by atoms with van der Waals surface area (Å²) in [6.45, 7) is 0.687. The largest absolute Gasteiger partial charge is 0.348 e. The smallest absolute Gasteiger partial charge is 0.290 e. The number of anilines is 1. The molecule has 0 saturated heterocycles. The summed E-state index contributed by atoms with van der Waals surface area (Å²) in [7, 11) is 0. The molecule has 1 aromatic rings. The highest BCUT2D eigenvalue weighted by atomic mass is 35.5. The summed E-state index contributed by atoms with van der Waals surface area (Å²) in [6, 6.07) is 0.415. The van der Waals surface area contributed by atoms with Gasteiger partial charge in [-0.2, -0.15) is 0 Å². The second-order valence-corrected chi connectivity index (χ2v) is 4.79. The van der Waals surface area contributed by atoms with Gasteiger partial charge in [-0.3, -0.25) is 4.79 Å². The molecule has 1 aromatic heterocycles. The number of hydrogen-bond acceptors (Lipinski definition) is 3. The van der Waals surface area contributed by atoms with E-state index in [1.807, 2.05) is 0 Å². The summed E-state index contributed by atoms with van der Waals surface area (Å²) in [4.78, 5) is 20.7. The van der Waals surface area contributed by atoms with Crippen LogP contribution in [0.2, 0.25) is 0 Å². The van der Waals surface area contributed by atoms with E-state index in [1.54, 1.807) is 12.4 Å². The van der Waals surface area contributed by atoms with E-state index in [0.29, 0.717) is 24.3 Å². The van der Waals surface area contributed by atoms with E-state index >= 15 is 0 Å². The van der Waals surface area contributed by atoms with Crippen LogP contribution in [0, 0.1) is 0 Å². The summed E-state index contributed by atoms with van der Waals surface area (Å²) < 4.78 is 0. The lowest BCUT2D eigenvalue weighted by molar-refractivity contribution is 0.416. The Labute approximate surface area is 106 Å². The Morgan fingerprint density at radius 1 is 1.41 bits per heavy atom. The van der Waals surface area contributed by atoms with Crippen LogP contribution < -0.4 is 10.5 Å². The second kappa shape index (κ2) is 6.05. The number of aromatic nitrogens is 2. The first kappa shape index (κ1) is 12.4. The average Bonchev–Trinajstić information content (AvgIpc) is 2.38. The number of nitrogens with zero attached hydrogens (tertiary/aromatic N) is 2. The van der Waals surface area contributed by atoms with Gasteiger partial charge in [-0.1, -0.05) is 19.3 Å². The normalized spacial score (nSPS) is 17.0. The van der Waals surface area contributed by atoms with Crippen molar-refractivity contribution in [2.24, 2.45) is 0 Å². The number of hydrogen-bond donors (Lipinski definition) is 1. The molecule has 1 heterocycles. The van der Waals surface area contributed by atoms with Gasteiger partial charge in [0, 0.05) is 30.9 Å². The number of rotatable bonds is 4. The summed E-state index contributed by atoms with van der Waals surface area (Å²) >= 11 is 5.84. The Morgan fingerprint density at radius 3 is 2.82 bits per heavy atom. The highest BCUT2D eigenvalue weighted by Gasteiger charge is 2.23. The van der Waals surface area contributed by atoms with Gasteiger partial charge in [-0.05, 0) is 12.8 Å². The molecule has 1 N–H and O–H groups in total. The number of nitrogens with one attached hydrogen (secondary N) is 1. The fourth-order valence-electron chi connectivity index (χ4n) is 2.49. The van der Waals surface area contributed by atoms with Crippen LogP contribution in [0.1, 0.15) is 32.1 Å². The maximum absolute atomic E-state index is 11.8. The van der Waals surface area contributed by atoms with Crippen molar-refractivity contribution in [1.29, 1.82) is 0 Å². The third-order valence-corrected chi connectivity index (χ3v) is 3.47. The zero-order valence-electron chi connectivity index (χ0n) is 9.86. The van der Waals surface area contributed by atoms with E-state index in [9.17, 15) is 4.79 Å². The Balaban J connectivity index is 2.21. The Bertz CT molecular complexity index is 401. The van der Waals surface area contributed by atoms with Crippen LogP contribution in [-0.2, 0) is 0 Å². The molecule has 1 fully saturated rings. The molecule has 1 aliphatic rings. The molecule has 94 valence electrons. The lowest BCUT2D eigenvalue weighted by Crippen LogP contribution is -2.41. The van der Waals surface area contributed by atoms with E-state index in [2.05, 4.69) is 14.9 Å². The molecule has 2 rings (SSSR count). The van der Waals surface area contributed by atoms with Crippen molar-refractivity contribution in [3.05, 3.63) is 22.7 Å². The number of halogens is 1. The summed E-state index contributed by atoms with van der Waals surface area (Å²) in [5.74, 6) is 1.03. The van der Waals surface area contributed by atoms with E-state index in [-0.39, 0.29) is 5.56 Å². The maximum Gasteiger partial charge on any atom is 0.290 e. The topological polar surface area (TPSA) is 49.0 Å². The SMILES string of the molecule is O=c1[nH]ccnc1N(CCCl)C1CCCCC1. The lowest BCUT2D eigenvalue weighted by Gasteiger charge is -2.34. The highest BCUT2D eigenvalue weighted by molar-refractivity contribution is 6.18. The summed E-state index contributed by atoms with van der Waals surface area (Å²) in [6.07, 6.45) is 9.21. The van der Waals surface area contributed by atoms with Crippen molar-refractivity contribution in [2.45, 2.75) is 38.1 Å². The minimum atomic E-state index is -0.122. The molecular weight excluding hydrogens is 238 g/mol. The van der Waals surface area contributed by atoms with Gasteiger partial charge in [0.1, 0.15) is 0 Å². The van der Waals surface area contributed by atoms with Gasteiger partial charge < -0.3 is 9.88 Å². The van der Waals surface area contributed by atoms with Crippen LogP contribution in [0.5, 0.6) is 0 Å². The van der Waals surface area contributed by atoms with Crippen LogP contribution in [0.25, 0.3) is 0 Å².